The number of halogens is 4. The molecule has 0 radical (unpaired) electrons. The van der Waals surface area contributed by atoms with Crippen LogP contribution in [0.1, 0.15) is 106 Å². The lowest BCUT2D eigenvalue weighted by atomic mass is 9.87. The zero-order chi connectivity index (χ0) is 35.7. The molecule has 254 valence electrons. The minimum Gasteiger partial charge on any atom is -0.348 e. The van der Waals surface area contributed by atoms with Crippen molar-refractivity contribution in [1.29, 1.82) is 0 Å². The minimum atomic E-state index is -4.94. The Balaban J connectivity index is 0.000000877. The molecule has 3 heterocycles. The van der Waals surface area contributed by atoms with Crippen LogP contribution < -0.4 is 37.3 Å². The van der Waals surface area contributed by atoms with Crippen LogP contribution in [0.4, 0.5) is 0 Å². The van der Waals surface area contributed by atoms with Crippen LogP contribution in [-0.2, 0) is 21.7 Å². The van der Waals surface area contributed by atoms with E-state index >= 15 is 0 Å². The Kier molecular flexibility index (Phi) is 13.5. The third-order valence-electron chi connectivity index (χ3n) is 6.01. The van der Waals surface area contributed by atoms with E-state index in [1.165, 1.54) is 0 Å². The summed E-state index contributed by atoms with van der Waals surface area (Å²) in [5.74, 6) is 3.85. The van der Waals surface area contributed by atoms with Crippen LogP contribution in [0.2, 0.25) is 0 Å². The van der Waals surface area contributed by atoms with Gasteiger partial charge in [0, 0.05) is 41.0 Å². The zero-order valence-corrected chi connectivity index (χ0v) is 32.1. The number of aromatic nitrogens is 1. The first-order valence-electron chi connectivity index (χ1n) is 13.5. The average Bonchev–Trinajstić information content (AvgIpc) is 3.07. The predicted molar refractivity (Wildman–Crippen MR) is 155 cm³/mol. The van der Waals surface area contributed by atoms with Gasteiger partial charge in [-0.2, -0.15) is 0 Å². The van der Waals surface area contributed by atoms with Gasteiger partial charge in [0.05, 0.1) is 36.4 Å². The van der Waals surface area contributed by atoms with Gasteiger partial charge in [-0.3, -0.25) is 0 Å². The van der Waals surface area contributed by atoms with E-state index in [1.54, 1.807) is 0 Å². The first-order chi connectivity index (χ1) is 19.7. The summed E-state index contributed by atoms with van der Waals surface area (Å²) in [6, 6.07) is 8.64. The SMILES string of the molecule is CC(C)(C)c1cc(-c2[nH]c(Br)c(-c3cc(C(C)(C)C)[o+]c(C(C)(C)C)c3)c2Br)cc(C(C)(C)C)[o+]1.[O-][Cl+3]([O-])([O-])[O-].[O-][Cl+3]([O-])([O-])[O-]. The molecule has 1 N–H and O–H groups in total. The summed E-state index contributed by atoms with van der Waals surface area (Å²) in [6.07, 6.45) is 0. The third kappa shape index (κ3) is 14.2. The van der Waals surface area contributed by atoms with Crippen LogP contribution in [0, 0.1) is 20.5 Å². The Morgan fingerprint density at radius 3 is 1.00 bits per heavy atom. The van der Waals surface area contributed by atoms with E-state index in [-0.39, 0.29) is 21.7 Å². The van der Waals surface area contributed by atoms with Gasteiger partial charge in [-0.25, -0.2) is 46.1 Å². The maximum Gasteiger partial charge on any atom is 0.335 e. The monoisotopic (exact) mass is 803 g/mol. The molecule has 0 saturated carbocycles. The van der Waals surface area contributed by atoms with E-state index in [9.17, 15) is 0 Å². The summed E-state index contributed by atoms with van der Waals surface area (Å²) in [4.78, 5) is 3.60. The van der Waals surface area contributed by atoms with E-state index in [1.807, 2.05) is 0 Å². The summed E-state index contributed by atoms with van der Waals surface area (Å²) in [6.45, 7) is 26.2. The normalized spacial score (nSPS) is 13.1. The molecule has 0 amide bonds. The molecule has 3 aromatic heterocycles. The van der Waals surface area contributed by atoms with Crippen LogP contribution in [0.25, 0.3) is 22.4 Å². The summed E-state index contributed by atoms with van der Waals surface area (Å²) >= 11 is 7.78. The second kappa shape index (κ2) is 14.5. The summed E-state index contributed by atoms with van der Waals surface area (Å²) < 4.78 is 82.7. The standard InChI is InChI=1S/C30H41Br2NO2.2ClHO4/c1-27(2,3)19-13-17(14-20(34-19)28(4,5)6)23-24(31)25(33-26(23)32)18-15-21(29(7,8)9)35-22(16-18)30(10,11)12;2*2-1(3,4)5/h13-16,33H,1-12H3;2*(H,2,3,4,5)/q+2;;/p-2. The predicted octanol–water partition coefficient (Wildman–Crippen LogP) is 1.30. The van der Waals surface area contributed by atoms with Crippen LogP contribution >= 0.6 is 31.9 Å². The molecule has 0 atom stereocenters. The fourth-order valence-corrected chi connectivity index (χ4v) is 5.32. The summed E-state index contributed by atoms with van der Waals surface area (Å²) in [5, 5.41) is 0. The van der Waals surface area contributed by atoms with E-state index in [0.29, 0.717) is 0 Å². The molecule has 0 aliphatic heterocycles. The van der Waals surface area contributed by atoms with Crippen molar-refractivity contribution in [2.24, 2.45) is 0 Å². The topological polar surface area (TPSA) is 223 Å². The largest absolute Gasteiger partial charge is 0.348 e. The Labute approximate surface area is 285 Å². The molecule has 45 heavy (non-hydrogen) atoms. The molecule has 11 nitrogen and oxygen atoms in total. The molecule has 0 unspecified atom stereocenters. The van der Waals surface area contributed by atoms with Gasteiger partial charge in [-0.05, 0) is 115 Å². The number of H-pyrrole nitrogens is 1. The molecule has 0 spiro atoms. The number of rotatable bonds is 2. The third-order valence-corrected chi connectivity index (χ3v) is 7.40. The lowest BCUT2D eigenvalue weighted by molar-refractivity contribution is -2.00. The van der Waals surface area contributed by atoms with Crippen molar-refractivity contribution < 1.29 is 66.6 Å². The van der Waals surface area contributed by atoms with Crippen molar-refractivity contribution in [2.75, 3.05) is 0 Å². The van der Waals surface area contributed by atoms with Crippen molar-refractivity contribution in [2.45, 2.75) is 105 Å². The van der Waals surface area contributed by atoms with E-state index in [2.05, 4.69) is 144 Å². The second-order valence-corrected chi connectivity index (χ2v) is 17.5. The molecule has 0 saturated heterocycles. The average molecular weight is 806 g/mol. The van der Waals surface area contributed by atoms with Crippen molar-refractivity contribution in [3.05, 3.63) is 56.4 Å². The van der Waals surface area contributed by atoms with E-state index in [4.69, 9.17) is 46.1 Å². The van der Waals surface area contributed by atoms with Crippen molar-refractivity contribution >= 4 is 31.9 Å². The van der Waals surface area contributed by atoms with E-state index in [0.717, 1.165) is 54.5 Å². The van der Waals surface area contributed by atoms with Gasteiger partial charge in [0.15, 0.2) is 0 Å². The molecular formula is C30H41Br2Cl2NO10. The molecule has 3 aromatic rings. The molecular weight excluding hydrogens is 765 g/mol. The highest BCUT2D eigenvalue weighted by Crippen LogP contribution is 2.45. The Bertz CT molecular complexity index is 1370. The van der Waals surface area contributed by atoms with Gasteiger partial charge in [0.2, 0.25) is 0 Å². The van der Waals surface area contributed by atoms with Crippen molar-refractivity contribution in [3.8, 4) is 22.4 Å². The quantitative estimate of drug-likeness (QED) is 0.366. The molecule has 0 aliphatic carbocycles. The maximum atomic E-state index is 8.49. The molecule has 0 fully saturated rings. The summed E-state index contributed by atoms with van der Waals surface area (Å²) in [7, 11) is -9.89. The van der Waals surface area contributed by atoms with Gasteiger partial charge >= 0.3 is 23.0 Å². The van der Waals surface area contributed by atoms with Gasteiger partial charge in [0.25, 0.3) is 0 Å². The first-order valence-corrected chi connectivity index (χ1v) is 17.5. The highest BCUT2D eigenvalue weighted by atomic mass is 79.9. The van der Waals surface area contributed by atoms with Gasteiger partial charge < -0.3 is 4.98 Å². The Morgan fingerprint density at radius 2 is 0.756 bits per heavy atom. The van der Waals surface area contributed by atoms with Gasteiger partial charge in [-0.1, -0.05) is 0 Å². The van der Waals surface area contributed by atoms with Crippen molar-refractivity contribution in [3.63, 3.8) is 0 Å². The summed E-state index contributed by atoms with van der Waals surface area (Å²) in [5.41, 5.74) is 3.86. The fraction of sp³-hybridized carbons (Fsp3) is 0.533. The number of hydrogen-bond donors (Lipinski definition) is 1. The maximum absolute atomic E-state index is 8.49. The lowest BCUT2D eigenvalue weighted by Gasteiger charge is -2.17. The highest BCUT2D eigenvalue weighted by Gasteiger charge is 2.37. The Hall–Kier alpha value is -1.20. The van der Waals surface area contributed by atoms with Crippen molar-refractivity contribution in [1.82, 2.24) is 4.98 Å². The van der Waals surface area contributed by atoms with Crippen LogP contribution in [0.5, 0.6) is 0 Å². The lowest BCUT2D eigenvalue weighted by Crippen LogP contribution is -2.68. The number of aromatic amines is 1. The zero-order valence-electron chi connectivity index (χ0n) is 27.4. The first kappa shape index (κ1) is 41.8. The number of hydrogen-bond acceptors (Lipinski definition) is 8. The van der Waals surface area contributed by atoms with E-state index < -0.39 is 20.5 Å². The Morgan fingerprint density at radius 1 is 0.511 bits per heavy atom. The molecule has 0 bridgehead atoms. The second-order valence-electron chi connectivity index (χ2n) is 14.4. The molecule has 15 heteroatoms. The van der Waals surface area contributed by atoms with Crippen LogP contribution in [-0.4, -0.2) is 4.98 Å². The van der Waals surface area contributed by atoms with Crippen LogP contribution in [0.3, 0.4) is 0 Å². The van der Waals surface area contributed by atoms with Gasteiger partial charge in [-0.15, -0.1) is 20.5 Å². The molecule has 0 aliphatic rings. The fourth-order valence-electron chi connectivity index (χ4n) is 3.67. The van der Waals surface area contributed by atoms with Crippen LogP contribution in [0.15, 0.2) is 42.2 Å². The molecule has 3 rings (SSSR count). The number of nitrogens with one attached hydrogen (secondary N) is 1. The molecule has 0 aromatic carbocycles. The highest BCUT2D eigenvalue weighted by molar-refractivity contribution is 9.11. The van der Waals surface area contributed by atoms with Gasteiger partial charge in [0.1, 0.15) is 0 Å². The smallest absolute Gasteiger partial charge is 0.335 e. The minimum absolute atomic E-state index is 0.112.